The number of sulfonamides is 1. The van der Waals surface area contributed by atoms with Crippen LogP contribution in [0.5, 0.6) is 0 Å². The van der Waals surface area contributed by atoms with Gasteiger partial charge >= 0.3 is 0 Å². The quantitative estimate of drug-likeness (QED) is 0.288. The van der Waals surface area contributed by atoms with Gasteiger partial charge in [-0.1, -0.05) is 42.5 Å². The predicted octanol–water partition coefficient (Wildman–Crippen LogP) is 5.66. The molecule has 0 bridgehead atoms. The molecule has 0 saturated heterocycles. The standard InChI is InChI=1S/C29H26N4O3S2/c1-20(32-15-13-21-7-5-6-10-27(21)32)28(34)33(24-8-3-2-4-9-24)25-17-22-11-12-26(19-23(22)18-25)38(35,36)31-29-30-14-16-37-29/h2-16,19-20,25H,17-18H2,1H3,(H,30,31). The van der Waals surface area contributed by atoms with Crippen molar-refractivity contribution >= 4 is 49.0 Å². The molecule has 6 rings (SSSR count). The lowest BCUT2D eigenvalue weighted by Crippen LogP contribution is -2.44. The van der Waals surface area contributed by atoms with E-state index in [-0.39, 0.29) is 16.8 Å². The van der Waals surface area contributed by atoms with Gasteiger partial charge in [-0.2, -0.15) is 0 Å². The van der Waals surface area contributed by atoms with Crippen molar-refractivity contribution in [2.75, 3.05) is 9.62 Å². The van der Waals surface area contributed by atoms with E-state index in [1.54, 1.807) is 23.7 Å². The Morgan fingerprint density at radius 3 is 2.58 bits per heavy atom. The molecule has 0 fully saturated rings. The van der Waals surface area contributed by atoms with E-state index in [0.717, 1.165) is 27.7 Å². The number of thiazole rings is 1. The Balaban J connectivity index is 1.31. The molecule has 2 heterocycles. The highest BCUT2D eigenvalue weighted by Gasteiger charge is 2.34. The molecular formula is C29H26N4O3S2. The van der Waals surface area contributed by atoms with Crippen molar-refractivity contribution in [3.8, 4) is 0 Å². The lowest BCUT2D eigenvalue weighted by molar-refractivity contribution is -0.121. The van der Waals surface area contributed by atoms with Crippen LogP contribution in [0.25, 0.3) is 10.9 Å². The molecule has 5 aromatic rings. The van der Waals surface area contributed by atoms with Gasteiger partial charge in [0.15, 0.2) is 5.13 Å². The molecule has 192 valence electrons. The third-order valence-corrected chi connectivity index (χ3v) is 9.25. The maximum absolute atomic E-state index is 14.1. The fourth-order valence-corrected chi connectivity index (χ4v) is 7.08. The molecule has 0 saturated carbocycles. The van der Waals surface area contributed by atoms with Gasteiger partial charge in [-0.25, -0.2) is 13.4 Å². The molecule has 3 aromatic carbocycles. The molecule has 2 aromatic heterocycles. The van der Waals surface area contributed by atoms with E-state index in [2.05, 4.69) is 9.71 Å². The number of benzene rings is 3. The van der Waals surface area contributed by atoms with Crippen molar-refractivity contribution in [3.05, 3.63) is 108 Å². The monoisotopic (exact) mass is 542 g/mol. The van der Waals surface area contributed by atoms with Gasteiger partial charge in [0.05, 0.1) is 4.90 Å². The summed E-state index contributed by atoms with van der Waals surface area (Å²) in [5, 5.41) is 3.14. The minimum Gasteiger partial charge on any atom is -0.335 e. The number of fused-ring (bicyclic) bond motifs is 2. The maximum atomic E-state index is 14.1. The number of para-hydroxylation sites is 2. The summed E-state index contributed by atoms with van der Waals surface area (Å²) in [6.07, 6.45) is 4.74. The number of nitrogens with one attached hydrogen (secondary N) is 1. The van der Waals surface area contributed by atoms with Crippen LogP contribution in [0.1, 0.15) is 24.1 Å². The van der Waals surface area contributed by atoms with Crippen molar-refractivity contribution in [1.29, 1.82) is 0 Å². The zero-order chi connectivity index (χ0) is 26.3. The first-order valence-electron chi connectivity index (χ1n) is 12.4. The Morgan fingerprint density at radius 1 is 1.03 bits per heavy atom. The number of amides is 1. The number of rotatable bonds is 7. The van der Waals surface area contributed by atoms with E-state index in [1.165, 1.54) is 11.3 Å². The molecule has 1 aliphatic carbocycles. The average Bonchev–Trinajstić information content (AvgIpc) is 3.68. The van der Waals surface area contributed by atoms with Gasteiger partial charge in [-0.15, -0.1) is 11.3 Å². The lowest BCUT2D eigenvalue weighted by atomic mass is 10.1. The smallest absolute Gasteiger partial charge is 0.263 e. The van der Waals surface area contributed by atoms with Crippen LogP contribution in [0.15, 0.2) is 102 Å². The van der Waals surface area contributed by atoms with Gasteiger partial charge in [0.1, 0.15) is 6.04 Å². The third kappa shape index (κ3) is 4.48. The molecule has 0 radical (unpaired) electrons. The Kier molecular flexibility index (Phi) is 6.25. The number of aromatic nitrogens is 2. The Labute approximate surface area is 225 Å². The molecule has 1 N–H and O–H groups in total. The number of carbonyl (C=O) groups excluding carboxylic acids is 1. The van der Waals surface area contributed by atoms with Crippen molar-refractivity contribution in [3.63, 3.8) is 0 Å². The Hall–Kier alpha value is -3.95. The molecule has 2 atom stereocenters. The van der Waals surface area contributed by atoms with Gasteiger partial charge in [0.25, 0.3) is 10.0 Å². The lowest BCUT2D eigenvalue weighted by Gasteiger charge is -2.32. The second-order valence-electron chi connectivity index (χ2n) is 9.44. The molecule has 1 amide bonds. The molecule has 9 heteroatoms. The van der Waals surface area contributed by atoms with Crippen LogP contribution < -0.4 is 9.62 Å². The molecule has 38 heavy (non-hydrogen) atoms. The fourth-order valence-electron chi connectivity index (χ4n) is 5.24. The van der Waals surface area contributed by atoms with Crippen molar-refractivity contribution in [1.82, 2.24) is 9.55 Å². The number of hydrogen-bond acceptors (Lipinski definition) is 5. The first-order valence-corrected chi connectivity index (χ1v) is 14.7. The van der Waals surface area contributed by atoms with Gasteiger partial charge in [0.2, 0.25) is 5.91 Å². The second kappa shape index (κ2) is 9.74. The first kappa shape index (κ1) is 24.4. The fraction of sp³-hybridized carbons (Fsp3) is 0.172. The van der Waals surface area contributed by atoms with E-state index in [9.17, 15) is 13.2 Å². The topological polar surface area (TPSA) is 84.3 Å². The summed E-state index contributed by atoms with van der Waals surface area (Å²) in [7, 11) is -3.76. The summed E-state index contributed by atoms with van der Waals surface area (Å²) in [6.45, 7) is 1.93. The zero-order valence-electron chi connectivity index (χ0n) is 20.7. The van der Waals surface area contributed by atoms with E-state index in [0.29, 0.717) is 18.0 Å². The third-order valence-electron chi connectivity index (χ3n) is 7.09. The molecular weight excluding hydrogens is 516 g/mol. The van der Waals surface area contributed by atoms with Gasteiger partial charge in [0, 0.05) is 35.0 Å². The van der Waals surface area contributed by atoms with E-state index in [4.69, 9.17) is 0 Å². The first-order chi connectivity index (χ1) is 18.4. The average molecular weight is 543 g/mol. The zero-order valence-corrected chi connectivity index (χ0v) is 22.3. The van der Waals surface area contributed by atoms with Crippen LogP contribution in [-0.2, 0) is 27.7 Å². The molecule has 1 aliphatic rings. The number of anilines is 2. The summed E-state index contributed by atoms with van der Waals surface area (Å²) in [5.41, 5.74) is 3.83. The van der Waals surface area contributed by atoms with Crippen LogP contribution in [0.4, 0.5) is 10.8 Å². The van der Waals surface area contributed by atoms with Crippen LogP contribution in [0.3, 0.4) is 0 Å². The summed E-state index contributed by atoms with van der Waals surface area (Å²) < 4.78 is 30.5. The van der Waals surface area contributed by atoms with Gasteiger partial charge < -0.3 is 9.47 Å². The largest absolute Gasteiger partial charge is 0.335 e. The molecule has 7 nitrogen and oxygen atoms in total. The highest BCUT2D eigenvalue weighted by Crippen LogP contribution is 2.33. The van der Waals surface area contributed by atoms with Crippen LogP contribution >= 0.6 is 11.3 Å². The van der Waals surface area contributed by atoms with Crippen molar-refractivity contribution < 1.29 is 13.2 Å². The molecule has 0 aliphatic heterocycles. The van der Waals surface area contributed by atoms with E-state index >= 15 is 0 Å². The maximum Gasteiger partial charge on any atom is 0.263 e. The Morgan fingerprint density at radius 2 is 1.79 bits per heavy atom. The van der Waals surface area contributed by atoms with Gasteiger partial charge in [-0.05, 0) is 72.7 Å². The number of carbonyl (C=O) groups is 1. The highest BCUT2D eigenvalue weighted by molar-refractivity contribution is 7.93. The van der Waals surface area contributed by atoms with Crippen LogP contribution in [0, 0.1) is 0 Å². The van der Waals surface area contributed by atoms with Crippen molar-refractivity contribution in [2.24, 2.45) is 0 Å². The normalized spacial score (nSPS) is 15.8. The SMILES string of the molecule is CC(C(=O)N(c1ccccc1)C1Cc2ccc(S(=O)(=O)Nc3nccs3)cc2C1)n1ccc2ccccc21. The summed E-state index contributed by atoms with van der Waals surface area (Å²) >= 11 is 1.23. The second-order valence-corrected chi connectivity index (χ2v) is 12.0. The highest BCUT2D eigenvalue weighted by atomic mass is 32.2. The van der Waals surface area contributed by atoms with E-state index in [1.807, 2.05) is 89.3 Å². The molecule has 0 spiro atoms. The van der Waals surface area contributed by atoms with Crippen molar-refractivity contribution in [2.45, 2.75) is 36.7 Å². The minimum absolute atomic E-state index is 0.00589. The summed E-state index contributed by atoms with van der Waals surface area (Å²) in [4.78, 5) is 20.2. The van der Waals surface area contributed by atoms with Crippen LogP contribution in [-0.4, -0.2) is 29.9 Å². The number of nitrogens with zero attached hydrogens (tertiary/aromatic N) is 3. The number of hydrogen-bond donors (Lipinski definition) is 1. The minimum atomic E-state index is -3.76. The van der Waals surface area contributed by atoms with E-state index < -0.39 is 16.1 Å². The Bertz CT molecular complexity index is 1710. The molecule has 2 unspecified atom stereocenters. The predicted molar refractivity (Wildman–Crippen MR) is 151 cm³/mol. The van der Waals surface area contributed by atoms with Gasteiger partial charge in [-0.3, -0.25) is 9.52 Å². The van der Waals surface area contributed by atoms with Crippen LogP contribution in [0.2, 0.25) is 0 Å². The summed E-state index contributed by atoms with van der Waals surface area (Å²) in [5.74, 6) is -0.00589. The summed E-state index contributed by atoms with van der Waals surface area (Å²) in [6, 6.07) is 24.4.